The van der Waals surface area contributed by atoms with E-state index in [4.69, 9.17) is 0 Å². The van der Waals surface area contributed by atoms with Gasteiger partial charge in [0.1, 0.15) is 11.4 Å². The van der Waals surface area contributed by atoms with E-state index < -0.39 is 5.60 Å². The fraction of sp³-hybridized carbons (Fsp3) is 0.722. The van der Waals surface area contributed by atoms with Gasteiger partial charge in [0.25, 0.3) is 0 Å². The van der Waals surface area contributed by atoms with Crippen LogP contribution in [0.5, 0.6) is 0 Å². The van der Waals surface area contributed by atoms with Crippen molar-refractivity contribution in [3.8, 4) is 11.8 Å². The molecule has 20 heavy (non-hydrogen) atoms. The first-order valence-corrected chi connectivity index (χ1v) is 7.70. The second kappa shape index (κ2) is 5.37. The predicted molar refractivity (Wildman–Crippen MR) is 81.0 cm³/mol. The zero-order chi connectivity index (χ0) is 15.0. The summed E-state index contributed by atoms with van der Waals surface area (Å²) in [6.45, 7) is 7.86. The number of allylic oxidation sites excluding steroid dienone is 2. The van der Waals surface area contributed by atoms with Crippen molar-refractivity contribution in [3.05, 3.63) is 11.6 Å². The number of Topliss-reactive ketones (excluding diaryl/α,β-unsaturated/α-hetero) is 1. The van der Waals surface area contributed by atoms with Gasteiger partial charge in [0.05, 0.1) is 0 Å². The van der Waals surface area contributed by atoms with Crippen LogP contribution in [0.15, 0.2) is 11.6 Å². The van der Waals surface area contributed by atoms with E-state index in [9.17, 15) is 9.90 Å². The Labute approximate surface area is 122 Å². The van der Waals surface area contributed by atoms with Crippen LogP contribution < -0.4 is 0 Å². The largest absolute Gasteiger partial charge is 0.378 e. The third-order valence-electron chi connectivity index (χ3n) is 4.84. The molecule has 0 spiro atoms. The van der Waals surface area contributed by atoms with Gasteiger partial charge in [0.15, 0.2) is 0 Å². The highest BCUT2D eigenvalue weighted by molar-refractivity contribution is 5.84. The van der Waals surface area contributed by atoms with Gasteiger partial charge in [-0.1, -0.05) is 37.3 Å². The van der Waals surface area contributed by atoms with Crippen molar-refractivity contribution in [2.24, 2.45) is 17.3 Å². The molecule has 0 saturated heterocycles. The van der Waals surface area contributed by atoms with E-state index in [2.05, 4.69) is 31.8 Å². The number of aliphatic hydroxyl groups is 1. The highest BCUT2D eigenvalue weighted by atomic mass is 16.3. The zero-order valence-electron chi connectivity index (χ0n) is 13.1. The number of hydrogen-bond donors (Lipinski definition) is 1. The van der Waals surface area contributed by atoms with E-state index >= 15 is 0 Å². The molecule has 0 aromatic carbocycles. The Hall–Kier alpha value is -1.07. The number of ketones is 1. The number of hydrogen-bond acceptors (Lipinski definition) is 2. The monoisotopic (exact) mass is 274 g/mol. The molecule has 2 rings (SSSR count). The van der Waals surface area contributed by atoms with Gasteiger partial charge in [0.2, 0.25) is 0 Å². The van der Waals surface area contributed by atoms with Crippen LogP contribution in [0.25, 0.3) is 0 Å². The minimum atomic E-state index is -0.920. The summed E-state index contributed by atoms with van der Waals surface area (Å²) >= 11 is 0. The fourth-order valence-corrected chi connectivity index (χ4v) is 3.84. The molecular formula is C18H26O2. The Kier molecular flexibility index (Phi) is 4.12. The molecule has 3 atom stereocenters. The lowest BCUT2D eigenvalue weighted by Crippen LogP contribution is -2.36. The molecule has 1 fully saturated rings. The summed E-state index contributed by atoms with van der Waals surface area (Å²) in [7, 11) is 0. The van der Waals surface area contributed by atoms with E-state index in [1.54, 1.807) is 13.8 Å². The summed E-state index contributed by atoms with van der Waals surface area (Å²) in [6.07, 6.45) is 6.85. The summed E-state index contributed by atoms with van der Waals surface area (Å²) in [6, 6.07) is 0. The number of carbonyl (C=O) groups is 1. The van der Waals surface area contributed by atoms with E-state index in [-0.39, 0.29) is 11.3 Å². The highest BCUT2D eigenvalue weighted by Gasteiger charge is 2.47. The molecule has 2 heteroatoms. The molecule has 2 aliphatic carbocycles. The summed E-state index contributed by atoms with van der Waals surface area (Å²) in [4.78, 5) is 12.1. The molecule has 110 valence electrons. The Morgan fingerprint density at radius 1 is 1.55 bits per heavy atom. The van der Waals surface area contributed by atoms with Crippen LogP contribution in [0.1, 0.15) is 59.8 Å². The maximum Gasteiger partial charge on any atom is 0.137 e. The molecule has 0 bridgehead atoms. The quantitative estimate of drug-likeness (QED) is 0.618. The minimum absolute atomic E-state index is 0.0607. The van der Waals surface area contributed by atoms with E-state index in [0.717, 1.165) is 32.1 Å². The zero-order valence-corrected chi connectivity index (χ0v) is 13.1. The van der Waals surface area contributed by atoms with Gasteiger partial charge in [-0.3, -0.25) is 4.79 Å². The van der Waals surface area contributed by atoms with Crippen molar-refractivity contribution in [3.63, 3.8) is 0 Å². The van der Waals surface area contributed by atoms with E-state index in [0.29, 0.717) is 11.7 Å². The predicted octanol–water partition coefficient (Wildman–Crippen LogP) is 3.49. The standard InChI is InChI=1S/C18H26O2/c1-13(7-5-11-17(2,3)20)14-9-10-15-16(19)8-6-12-18(14,15)4/h9,13,15,20H,6-8,10,12H2,1-4H3/t13?,15-,18+/m0/s1. The Balaban J connectivity index is 2.09. The lowest BCUT2D eigenvalue weighted by Gasteiger charge is -2.39. The van der Waals surface area contributed by atoms with Crippen molar-refractivity contribution in [1.29, 1.82) is 0 Å². The molecular weight excluding hydrogens is 248 g/mol. The van der Waals surface area contributed by atoms with Crippen LogP contribution in [0.2, 0.25) is 0 Å². The maximum absolute atomic E-state index is 12.1. The van der Waals surface area contributed by atoms with Crippen molar-refractivity contribution in [1.82, 2.24) is 0 Å². The molecule has 0 radical (unpaired) electrons. The summed E-state index contributed by atoms with van der Waals surface area (Å²) < 4.78 is 0. The van der Waals surface area contributed by atoms with Gasteiger partial charge < -0.3 is 5.11 Å². The van der Waals surface area contributed by atoms with E-state index in [1.165, 1.54) is 5.57 Å². The molecule has 1 N–H and O–H groups in total. The number of fused-ring (bicyclic) bond motifs is 1. The summed E-state index contributed by atoms with van der Waals surface area (Å²) in [5.41, 5.74) is 0.558. The van der Waals surface area contributed by atoms with E-state index in [1.807, 2.05) is 0 Å². The first-order valence-electron chi connectivity index (χ1n) is 7.70. The van der Waals surface area contributed by atoms with Crippen molar-refractivity contribution in [2.45, 2.75) is 65.4 Å². The van der Waals surface area contributed by atoms with Gasteiger partial charge >= 0.3 is 0 Å². The summed E-state index contributed by atoms with van der Waals surface area (Å²) in [5.74, 6) is 7.00. The van der Waals surface area contributed by atoms with Gasteiger partial charge in [-0.05, 0) is 44.4 Å². The molecule has 0 amide bonds. The third-order valence-corrected chi connectivity index (χ3v) is 4.84. The van der Waals surface area contributed by atoms with Gasteiger partial charge in [-0.15, -0.1) is 0 Å². The number of carbonyl (C=O) groups excluding carboxylic acids is 1. The molecule has 1 saturated carbocycles. The average Bonchev–Trinajstić information content (AvgIpc) is 2.66. The van der Waals surface area contributed by atoms with Crippen LogP contribution in [0.4, 0.5) is 0 Å². The molecule has 2 nitrogen and oxygen atoms in total. The second-order valence-corrected chi connectivity index (χ2v) is 7.15. The third kappa shape index (κ3) is 2.99. The normalized spacial score (nSPS) is 31.1. The van der Waals surface area contributed by atoms with Crippen molar-refractivity contribution >= 4 is 5.78 Å². The highest BCUT2D eigenvalue weighted by Crippen LogP contribution is 2.53. The second-order valence-electron chi connectivity index (χ2n) is 7.15. The van der Waals surface area contributed by atoms with Crippen LogP contribution in [-0.2, 0) is 4.79 Å². The molecule has 0 aromatic heterocycles. The molecule has 1 unspecified atom stereocenters. The van der Waals surface area contributed by atoms with Gasteiger partial charge in [-0.2, -0.15) is 0 Å². The Morgan fingerprint density at radius 3 is 2.90 bits per heavy atom. The maximum atomic E-state index is 12.1. The SMILES string of the molecule is CC(CC#CC(C)(C)O)C1=CC[C@H]2C(=O)CCC[C@]12C. The van der Waals surface area contributed by atoms with Crippen LogP contribution in [0, 0.1) is 29.1 Å². The summed E-state index contributed by atoms with van der Waals surface area (Å²) in [5, 5.41) is 9.64. The molecule has 0 aliphatic heterocycles. The fourth-order valence-electron chi connectivity index (χ4n) is 3.84. The number of rotatable bonds is 2. The van der Waals surface area contributed by atoms with Crippen molar-refractivity contribution in [2.75, 3.05) is 0 Å². The van der Waals surface area contributed by atoms with Crippen LogP contribution in [-0.4, -0.2) is 16.5 Å². The lowest BCUT2D eigenvalue weighted by atomic mass is 9.63. The lowest BCUT2D eigenvalue weighted by molar-refractivity contribution is -0.128. The van der Waals surface area contributed by atoms with Gasteiger partial charge in [0, 0.05) is 18.8 Å². The molecule has 0 aromatic rings. The smallest absolute Gasteiger partial charge is 0.137 e. The molecule has 0 heterocycles. The first-order chi connectivity index (χ1) is 9.24. The van der Waals surface area contributed by atoms with Gasteiger partial charge in [-0.25, -0.2) is 0 Å². The Bertz CT molecular complexity index is 484. The first kappa shape index (κ1) is 15.3. The van der Waals surface area contributed by atoms with Crippen molar-refractivity contribution < 1.29 is 9.90 Å². The minimum Gasteiger partial charge on any atom is -0.378 e. The topological polar surface area (TPSA) is 37.3 Å². The Morgan fingerprint density at radius 2 is 2.25 bits per heavy atom. The van der Waals surface area contributed by atoms with Crippen LogP contribution >= 0.6 is 0 Å². The average molecular weight is 274 g/mol. The molecule has 2 aliphatic rings. The van der Waals surface area contributed by atoms with Crippen LogP contribution in [0.3, 0.4) is 0 Å².